The lowest BCUT2D eigenvalue weighted by Crippen LogP contribution is -3.00. The van der Waals surface area contributed by atoms with Crippen LogP contribution in [0, 0.1) is 5.92 Å². The van der Waals surface area contributed by atoms with Crippen molar-refractivity contribution in [1.29, 1.82) is 0 Å². The van der Waals surface area contributed by atoms with Crippen LogP contribution in [-0.2, 0) is 9.53 Å². The number of likely N-dealkylation sites (tertiary alicyclic amines) is 1. The minimum atomic E-state index is 0. The van der Waals surface area contributed by atoms with Gasteiger partial charge in [-0.05, 0) is 65.3 Å². The molecule has 0 radical (unpaired) electrons. The molecule has 1 unspecified atom stereocenters. The number of ether oxygens (including phenoxy) is 1. The largest absolute Gasteiger partial charge is 1.00 e. The average Bonchev–Trinajstić information content (AvgIpc) is 2.95. The van der Waals surface area contributed by atoms with Gasteiger partial charge in [-0.15, -0.1) is 0 Å². The third-order valence-corrected chi connectivity index (χ3v) is 8.76. The van der Waals surface area contributed by atoms with Crippen LogP contribution in [0.2, 0.25) is 0 Å². The van der Waals surface area contributed by atoms with Crippen LogP contribution in [0.5, 0.6) is 0 Å². The maximum Gasteiger partial charge on any atom is 0.220 e. The highest BCUT2D eigenvalue weighted by molar-refractivity contribution is 5.76. The number of hydrogen-bond acceptors (Lipinski definition) is 4. The van der Waals surface area contributed by atoms with E-state index in [1.165, 1.54) is 154 Å². The predicted molar refractivity (Wildman–Crippen MR) is 174 cm³/mol. The quantitative estimate of drug-likeness (QED) is 0.108. The van der Waals surface area contributed by atoms with Crippen LogP contribution < -0.4 is 22.3 Å². The van der Waals surface area contributed by atoms with Gasteiger partial charge in [0.15, 0.2) is 0 Å². The number of halogens is 1. The van der Waals surface area contributed by atoms with Crippen LogP contribution in [0.25, 0.3) is 0 Å². The first kappa shape index (κ1) is 40.8. The van der Waals surface area contributed by atoms with E-state index < -0.39 is 0 Å². The van der Waals surface area contributed by atoms with Crippen LogP contribution in [0.3, 0.4) is 0 Å². The van der Waals surface area contributed by atoms with Crippen molar-refractivity contribution in [2.75, 3.05) is 60.0 Å². The number of unbranched alkanes of at least 4 members (excludes halogenated alkanes) is 17. The number of carbonyl (C=O) groups excluding carboxylic acids is 1. The van der Waals surface area contributed by atoms with E-state index in [0.29, 0.717) is 13.0 Å². The molecule has 246 valence electrons. The molecule has 41 heavy (non-hydrogen) atoms. The van der Waals surface area contributed by atoms with Crippen molar-refractivity contribution in [2.45, 2.75) is 155 Å². The second-order valence-electron chi connectivity index (χ2n) is 12.9. The predicted octanol–water partition coefficient (Wildman–Crippen LogP) is 5.61. The number of rotatable bonds is 29. The zero-order valence-electron chi connectivity index (χ0n) is 27.9. The average molecular weight is 646 g/mol. The molecule has 0 aliphatic carbocycles. The van der Waals surface area contributed by atoms with Gasteiger partial charge in [0, 0.05) is 32.5 Å². The number of methoxy groups -OCH3 is 1. The number of nitrogens with zero attached hydrogens (tertiary/aromatic N) is 2. The van der Waals surface area contributed by atoms with Gasteiger partial charge in [0.05, 0.1) is 6.61 Å². The molecule has 5 nitrogen and oxygen atoms in total. The van der Waals surface area contributed by atoms with E-state index in [0.717, 1.165) is 26.1 Å². The number of hydrogen-bond donors (Lipinski definition) is 1. The number of amides is 1. The molecule has 0 spiro atoms. The molecule has 1 atom stereocenters. The lowest BCUT2D eigenvalue weighted by molar-refractivity contribution is -0.122. The van der Waals surface area contributed by atoms with Gasteiger partial charge in [0.1, 0.15) is 0 Å². The van der Waals surface area contributed by atoms with E-state index in [1.54, 1.807) is 7.11 Å². The molecule has 0 aromatic carbocycles. The van der Waals surface area contributed by atoms with Crippen molar-refractivity contribution in [3.8, 4) is 0 Å². The molecule has 1 aliphatic rings. The number of piperidine rings is 1. The summed E-state index contributed by atoms with van der Waals surface area (Å²) < 4.78 is 5.44. The number of nitrogens with one attached hydrogen (secondary N) is 1. The first-order valence-corrected chi connectivity index (χ1v) is 17.8. The summed E-state index contributed by atoms with van der Waals surface area (Å²) in [5.41, 5.74) is 0. The Morgan fingerprint density at radius 3 is 1.80 bits per heavy atom. The topological polar surface area (TPSA) is 44.8 Å². The maximum absolute atomic E-state index is 12.5. The van der Waals surface area contributed by atoms with Gasteiger partial charge in [-0.2, -0.15) is 0 Å². The highest BCUT2D eigenvalue weighted by Crippen LogP contribution is 2.14. The van der Waals surface area contributed by atoms with E-state index in [9.17, 15) is 4.79 Å². The molecule has 1 saturated heterocycles. The summed E-state index contributed by atoms with van der Waals surface area (Å²) >= 11 is 0. The molecule has 6 heteroatoms. The Kier molecular flexibility index (Phi) is 31.1. The fourth-order valence-corrected chi connectivity index (χ4v) is 6.26. The van der Waals surface area contributed by atoms with Gasteiger partial charge >= 0.3 is 0 Å². The van der Waals surface area contributed by atoms with Crippen LogP contribution >= 0.6 is 0 Å². The second kappa shape index (κ2) is 31.3. The van der Waals surface area contributed by atoms with Crippen LogP contribution in [0.4, 0.5) is 0 Å². The molecular weight excluding hydrogens is 574 g/mol. The van der Waals surface area contributed by atoms with E-state index in [4.69, 9.17) is 4.74 Å². The smallest absolute Gasteiger partial charge is 0.220 e. The van der Waals surface area contributed by atoms with E-state index in [-0.39, 0.29) is 28.8 Å². The lowest BCUT2D eigenvalue weighted by Gasteiger charge is -2.26. The van der Waals surface area contributed by atoms with E-state index in [2.05, 4.69) is 29.1 Å². The van der Waals surface area contributed by atoms with Gasteiger partial charge < -0.3 is 36.8 Å². The number of carbonyl (C=O) groups is 1. The van der Waals surface area contributed by atoms with Gasteiger partial charge in [0.25, 0.3) is 0 Å². The van der Waals surface area contributed by atoms with Crippen molar-refractivity contribution < 1.29 is 26.5 Å². The molecule has 1 amide bonds. The fraction of sp³-hybridized carbons (Fsp3) is 0.971. The van der Waals surface area contributed by atoms with Crippen LogP contribution in [-0.4, -0.2) is 75.7 Å². The molecular formula is C35H71BrN3O2-. The molecule has 0 aromatic heterocycles. The summed E-state index contributed by atoms with van der Waals surface area (Å²) in [5.74, 6) is 0.462. The minimum Gasteiger partial charge on any atom is -1.00 e. The molecule has 1 N–H and O–H groups in total. The minimum absolute atomic E-state index is 0. The molecule has 1 fully saturated rings. The van der Waals surface area contributed by atoms with Crippen molar-refractivity contribution in [3.63, 3.8) is 0 Å². The monoisotopic (exact) mass is 644 g/mol. The summed E-state index contributed by atoms with van der Waals surface area (Å²) in [6.07, 6.45) is 30.8. The van der Waals surface area contributed by atoms with Gasteiger partial charge in [0.2, 0.25) is 5.91 Å². The molecule has 1 heterocycles. The van der Waals surface area contributed by atoms with Crippen molar-refractivity contribution in [3.05, 3.63) is 0 Å². The summed E-state index contributed by atoms with van der Waals surface area (Å²) in [4.78, 5) is 17.5. The van der Waals surface area contributed by atoms with Crippen LogP contribution in [0.1, 0.15) is 155 Å². The first-order valence-electron chi connectivity index (χ1n) is 17.8. The third kappa shape index (κ3) is 27.1. The van der Waals surface area contributed by atoms with Gasteiger partial charge in [-0.1, -0.05) is 116 Å². The van der Waals surface area contributed by atoms with Gasteiger partial charge in [-0.25, -0.2) is 0 Å². The summed E-state index contributed by atoms with van der Waals surface area (Å²) in [6.45, 7) is 9.63. The molecule has 1 aliphatic heterocycles. The van der Waals surface area contributed by atoms with Gasteiger partial charge in [-0.3, -0.25) is 4.79 Å². The molecule has 0 saturated carbocycles. The Morgan fingerprint density at radius 2 is 1.27 bits per heavy atom. The van der Waals surface area contributed by atoms with Crippen molar-refractivity contribution >= 4 is 5.91 Å². The van der Waals surface area contributed by atoms with E-state index in [1.807, 2.05) is 0 Å². The molecule has 1 rings (SSSR count). The molecule has 0 bridgehead atoms. The normalized spacial score (nSPS) is 14.7. The SMILES string of the molecule is CCCCCCCCCCCCCCCCCCN(C)CC(COC)CC(=O)NCCCCCN1CCCCC1.[Br-]. The lowest BCUT2D eigenvalue weighted by atomic mass is 10.0. The Morgan fingerprint density at radius 1 is 0.756 bits per heavy atom. The second-order valence-corrected chi connectivity index (χ2v) is 12.9. The van der Waals surface area contributed by atoms with Crippen molar-refractivity contribution in [1.82, 2.24) is 15.1 Å². The Labute approximate surface area is 267 Å². The highest BCUT2D eigenvalue weighted by atomic mass is 79.9. The maximum atomic E-state index is 12.5. The Bertz CT molecular complexity index is 546. The fourth-order valence-electron chi connectivity index (χ4n) is 6.26. The zero-order valence-corrected chi connectivity index (χ0v) is 29.5. The highest BCUT2D eigenvalue weighted by Gasteiger charge is 2.16. The first-order chi connectivity index (χ1) is 19.7. The molecule has 0 aromatic rings. The standard InChI is InChI=1S/C35H71N3O2.BrH/c1-4-5-6-7-8-9-10-11-12-13-14-15-16-17-18-22-27-37(2)32-34(33-40-3)31-35(39)36-26-21-19-23-28-38-29-24-20-25-30-38;/h34H,4-33H2,1-3H3,(H,36,39);1H/p-1. The van der Waals surface area contributed by atoms with Crippen LogP contribution in [0.15, 0.2) is 0 Å². The van der Waals surface area contributed by atoms with Crippen molar-refractivity contribution in [2.24, 2.45) is 5.92 Å². The Hall–Kier alpha value is -0.170. The summed E-state index contributed by atoms with van der Waals surface area (Å²) in [5, 5.41) is 3.16. The third-order valence-electron chi connectivity index (χ3n) is 8.76. The summed E-state index contributed by atoms with van der Waals surface area (Å²) in [6, 6.07) is 0. The Balaban J connectivity index is 0.0000160. The van der Waals surface area contributed by atoms with E-state index >= 15 is 0 Å². The summed E-state index contributed by atoms with van der Waals surface area (Å²) in [7, 11) is 3.96. The zero-order chi connectivity index (χ0) is 28.9.